The summed E-state index contributed by atoms with van der Waals surface area (Å²) in [4.78, 5) is 26.7. The van der Waals surface area contributed by atoms with Crippen LogP contribution in [0.1, 0.15) is 37.7 Å². The minimum absolute atomic E-state index is 0.0914. The van der Waals surface area contributed by atoms with Gasteiger partial charge in [-0.2, -0.15) is 23.3 Å². The molecule has 166 valence electrons. The van der Waals surface area contributed by atoms with Crippen LogP contribution in [0.2, 0.25) is 0 Å². The third-order valence-corrected chi connectivity index (χ3v) is 5.64. The molecule has 31 heavy (non-hydrogen) atoms. The molecular weight excluding hydrogens is 417 g/mol. The molecule has 0 amide bonds. The number of aromatic hydroxyl groups is 1. The van der Waals surface area contributed by atoms with Crippen LogP contribution in [0.25, 0.3) is 6.08 Å². The second-order valence-corrected chi connectivity index (χ2v) is 8.04. The van der Waals surface area contributed by atoms with E-state index >= 15 is 0 Å². The first-order valence-corrected chi connectivity index (χ1v) is 10.1. The molecule has 5 rings (SSSR count). The Balaban J connectivity index is 1.55. The molecule has 13 heteroatoms. The van der Waals surface area contributed by atoms with E-state index in [2.05, 4.69) is 30.4 Å². The fourth-order valence-electron chi connectivity index (χ4n) is 3.85. The fourth-order valence-corrected chi connectivity index (χ4v) is 3.85. The van der Waals surface area contributed by atoms with Crippen molar-refractivity contribution in [1.82, 2.24) is 30.0 Å². The highest BCUT2D eigenvalue weighted by atomic mass is 19.4. The molecular formula is C18H21F3N8O2. The molecule has 1 aliphatic carbocycles. The zero-order valence-corrected chi connectivity index (χ0v) is 16.4. The Morgan fingerprint density at radius 1 is 1.26 bits per heavy atom. The molecule has 2 aliphatic heterocycles. The zero-order chi connectivity index (χ0) is 21.8. The number of rotatable bonds is 3. The highest BCUT2D eigenvalue weighted by molar-refractivity contribution is 5.81. The van der Waals surface area contributed by atoms with Crippen molar-refractivity contribution in [3.63, 3.8) is 0 Å². The Bertz CT molecular complexity index is 1190. The number of alkyl halides is 3. The van der Waals surface area contributed by atoms with Gasteiger partial charge in [0, 0.05) is 24.4 Å². The second kappa shape index (κ2) is 7.25. The first-order chi connectivity index (χ1) is 14.8. The number of piperidine rings is 1. The highest BCUT2D eigenvalue weighted by Crippen LogP contribution is 2.33. The Hall–Kier alpha value is -3.09. The van der Waals surface area contributed by atoms with E-state index in [0.29, 0.717) is 23.7 Å². The minimum atomic E-state index is -4.27. The summed E-state index contributed by atoms with van der Waals surface area (Å²) < 4.78 is 41.4. The standard InChI is InChI=1S/C18H21F3N8O2/c19-18(20,21)10-2-1-5-28(8-10)15-25-13-9(6-12-14(30)26-17(31)24-12)7-22-29(13)16(27-15)23-11-3-4-11/h6-7,10-11,16,23,30H,1-5,8H2,(H2,24,26,31)/b9-6+. The van der Waals surface area contributed by atoms with Gasteiger partial charge in [-0.3, -0.25) is 10.3 Å². The second-order valence-electron chi connectivity index (χ2n) is 8.04. The molecule has 10 nitrogen and oxygen atoms in total. The van der Waals surface area contributed by atoms with Gasteiger partial charge in [0.05, 0.1) is 12.1 Å². The van der Waals surface area contributed by atoms with Crippen LogP contribution >= 0.6 is 0 Å². The van der Waals surface area contributed by atoms with E-state index in [1.807, 2.05) is 0 Å². The van der Waals surface area contributed by atoms with Gasteiger partial charge in [-0.15, -0.1) is 0 Å². The summed E-state index contributed by atoms with van der Waals surface area (Å²) in [5.41, 5.74) is -0.0237. The van der Waals surface area contributed by atoms with Crippen molar-refractivity contribution in [2.75, 3.05) is 13.1 Å². The minimum Gasteiger partial charge on any atom is -0.493 e. The first kappa shape index (κ1) is 19.8. The number of hydrogen-bond acceptors (Lipinski definition) is 7. The van der Waals surface area contributed by atoms with Crippen LogP contribution in [0, 0.1) is 5.92 Å². The Kier molecular flexibility index (Phi) is 4.64. The van der Waals surface area contributed by atoms with E-state index in [1.165, 1.54) is 12.3 Å². The van der Waals surface area contributed by atoms with Crippen LogP contribution in [0.4, 0.5) is 13.2 Å². The predicted octanol–water partition coefficient (Wildman–Crippen LogP) is -0.0945. The summed E-state index contributed by atoms with van der Waals surface area (Å²) in [5, 5.41) is 18.0. The number of likely N-dealkylation sites (tertiary alicyclic amines) is 1. The first-order valence-electron chi connectivity index (χ1n) is 10.1. The van der Waals surface area contributed by atoms with Gasteiger partial charge in [-0.05, 0) is 31.8 Å². The van der Waals surface area contributed by atoms with Crippen molar-refractivity contribution in [2.45, 2.75) is 44.2 Å². The maximum absolute atomic E-state index is 13.3. The average molecular weight is 438 g/mol. The quantitative estimate of drug-likeness (QED) is 0.533. The molecule has 4 heterocycles. The Morgan fingerprint density at radius 2 is 2.06 bits per heavy atom. The number of halogens is 3. The van der Waals surface area contributed by atoms with Crippen molar-refractivity contribution < 1.29 is 18.3 Å². The number of nitrogens with one attached hydrogen (secondary N) is 3. The number of imidazole rings is 1. The Labute approximate surface area is 173 Å². The Morgan fingerprint density at radius 3 is 2.74 bits per heavy atom. The molecule has 4 N–H and O–H groups in total. The molecule has 0 spiro atoms. The van der Waals surface area contributed by atoms with Gasteiger partial charge in [-0.1, -0.05) is 0 Å². The van der Waals surface area contributed by atoms with Crippen LogP contribution in [0.15, 0.2) is 21.0 Å². The van der Waals surface area contributed by atoms with Crippen molar-refractivity contribution >= 4 is 12.0 Å². The SMILES string of the molecule is O=c1[nH]c(O)c(/C=c2\cnn3c2=NC(N2CCCC(C(F)(F)F)C2)=NC3NC2CC2)[nH]1. The van der Waals surface area contributed by atoms with Crippen LogP contribution in [-0.2, 0) is 0 Å². The molecule has 2 unspecified atom stereocenters. The molecule has 2 atom stereocenters. The lowest BCUT2D eigenvalue weighted by atomic mass is 9.98. The van der Waals surface area contributed by atoms with E-state index in [4.69, 9.17) is 0 Å². The van der Waals surface area contributed by atoms with Gasteiger partial charge in [0.15, 0.2) is 5.49 Å². The maximum atomic E-state index is 13.3. The molecule has 2 aromatic heterocycles. The van der Waals surface area contributed by atoms with E-state index in [1.54, 1.807) is 9.58 Å². The lowest BCUT2D eigenvalue weighted by Gasteiger charge is -2.35. The van der Waals surface area contributed by atoms with Crippen molar-refractivity contribution in [3.05, 3.63) is 33.1 Å². The zero-order valence-electron chi connectivity index (χ0n) is 16.4. The van der Waals surface area contributed by atoms with Crippen molar-refractivity contribution in [1.29, 1.82) is 0 Å². The van der Waals surface area contributed by atoms with Crippen molar-refractivity contribution in [2.24, 2.45) is 15.9 Å². The van der Waals surface area contributed by atoms with Crippen LogP contribution in [0.3, 0.4) is 0 Å². The van der Waals surface area contributed by atoms with E-state index < -0.39 is 24.1 Å². The van der Waals surface area contributed by atoms with Gasteiger partial charge in [0.2, 0.25) is 18.1 Å². The molecule has 2 aromatic rings. The molecule has 2 fully saturated rings. The van der Waals surface area contributed by atoms with E-state index in [-0.39, 0.29) is 36.5 Å². The summed E-state index contributed by atoms with van der Waals surface area (Å²) in [6.07, 6.45) is 0.628. The molecule has 3 aliphatic rings. The third-order valence-electron chi connectivity index (χ3n) is 5.64. The van der Waals surface area contributed by atoms with Crippen LogP contribution in [-0.4, -0.2) is 61.0 Å². The summed E-state index contributed by atoms with van der Waals surface area (Å²) in [7, 11) is 0. The number of aliphatic imine (C=N–C) groups is 1. The van der Waals surface area contributed by atoms with Gasteiger partial charge in [-0.25, -0.2) is 14.5 Å². The lowest BCUT2D eigenvalue weighted by molar-refractivity contribution is -0.183. The third kappa shape index (κ3) is 3.96. The summed E-state index contributed by atoms with van der Waals surface area (Å²) in [5.74, 6) is -1.53. The lowest BCUT2D eigenvalue weighted by Crippen LogP contribution is -2.49. The number of fused-ring (bicyclic) bond motifs is 1. The smallest absolute Gasteiger partial charge is 0.393 e. The number of hydrogen-bond donors (Lipinski definition) is 4. The molecule has 1 saturated heterocycles. The van der Waals surface area contributed by atoms with Crippen LogP contribution in [0.5, 0.6) is 5.88 Å². The van der Waals surface area contributed by atoms with E-state index in [0.717, 1.165) is 12.8 Å². The normalized spacial score (nSPS) is 24.7. The van der Waals surface area contributed by atoms with Crippen molar-refractivity contribution in [3.8, 4) is 5.88 Å². The summed E-state index contributed by atoms with van der Waals surface area (Å²) in [6, 6.07) is 0.270. The van der Waals surface area contributed by atoms with Gasteiger partial charge in [0.25, 0.3) is 0 Å². The monoisotopic (exact) mass is 438 g/mol. The number of aromatic amines is 2. The van der Waals surface area contributed by atoms with Crippen LogP contribution < -0.4 is 21.7 Å². The molecule has 0 radical (unpaired) electrons. The van der Waals surface area contributed by atoms with Gasteiger partial charge >= 0.3 is 11.9 Å². The highest BCUT2D eigenvalue weighted by Gasteiger charge is 2.42. The summed E-state index contributed by atoms with van der Waals surface area (Å²) in [6.45, 7) is 0.241. The number of aromatic nitrogens is 4. The number of guanidine groups is 1. The number of H-pyrrole nitrogens is 2. The van der Waals surface area contributed by atoms with Gasteiger partial charge < -0.3 is 15.0 Å². The fraction of sp³-hybridized carbons (Fsp3) is 0.556. The maximum Gasteiger partial charge on any atom is 0.393 e. The largest absolute Gasteiger partial charge is 0.493 e. The van der Waals surface area contributed by atoms with Gasteiger partial charge in [0.1, 0.15) is 5.69 Å². The molecule has 0 aromatic carbocycles. The number of nitrogens with zero attached hydrogens (tertiary/aromatic N) is 5. The summed E-state index contributed by atoms with van der Waals surface area (Å²) >= 11 is 0. The predicted molar refractivity (Wildman–Crippen MR) is 103 cm³/mol. The topological polar surface area (TPSA) is 127 Å². The van der Waals surface area contributed by atoms with E-state index in [9.17, 15) is 23.1 Å². The average Bonchev–Trinajstić information content (AvgIpc) is 3.35. The molecule has 0 bridgehead atoms. The molecule has 1 saturated carbocycles.